The minimum atomic E-state index is -0.135. The van der Waals surface area contributed by atoms with Crippen LogP contribution in [0.1, 0.15) is 49.9 Å². The van der Waals surface area contributed by atoms with Gasteiger partial charge in [0, 0.05) is 27.9 Å². The molecule has 0 saturated carbocycles. The second-order valence-electron chi connectivity index (χ2n) is 15.8. The van der Waals surface area contributed by atoms with Crippen molar-refractivity contribution in [3.63, 3.8) is 0 Å². The topological polar surface area (TPSA) is 3.24 Å². The summed E-state index contributed by atoms with van der Waals surface area (Å²) < 4.78 is 0. The molecule has 0 aromatic heterocycles. The first-order chi connectivity index (χ1) is 25.8. The molecule has 0 spiro atoms. The predicted octanol–water partition coefficient (Wildman–Crippen LogP) is 14.3. The Morgan fingerprint density at radius 2 is 0.887 bits per heavy atom. The van der Waals surface area contributed by atoms with Crippen LogP contribution in [-0.2, 0) is 10.8 Å². The lowest BCUT2D eigenvalue weighted by atomic mass is 9.78. The van der Waals surface area contributed by atoms with Gasteiger partial charge in [0.1, 0.15) is 0 Å². The molecule has 254 valence electrons. The van der Waals surface area contributed by atoms with Crippen LogP contribution >= 0.6 is 0 Å². The van der Waals surface area contributed by atoms with Crippen molar-refractivity contribution in [1.29, 1.82) is 0 Å². The van der Waals surface area contributed by atoms with Crippen LogP contribution in [0.25, 0.3) is 55.3 Å². The Hall–Kier alpha value is -6.18. The fourth-order valence-corrected chi connectivity index (χ4v) is 9.43. The molecule has 0 heterocycles. The molecule has 2 aliphatic carbocycles. The third-order valence-electron chi connectivity index (χ3n) is 12.0. The van der Waals surface area contributed by atoms with Crippen molar-refractivity contribution in [2.45, 2.75) is 38.5 Å². The van der Waals surface area contributed by atoms with Crippen molar-refractivity contribution < 1.29 is 0 Å². The number of anilines is 3. The Morgan fingerprint density at radius 3 is 1.66 bits per heavy atom. The molecule has 0 bridgehead atoms. The van der Waals surface area contributed by atoms with Gasteiger partial charge in [-0.3, -0.25) is 0 Å². The molecule has 0 saturated heterocycles. The van der Waals surface area contributed by atoms with Crippen LogP contribution in [0, 0.1) is 0 Å². The van der Waals surface area contributed by atoms with Crippen LogP contribution in [0.4, 0.5) is 17.1 Å². The molecule has 1 nitrogen and oxygen atoms in total. The van der Waals surface area contributed by atoms with E-state index in [1.807, 2.05) is 0 Å². The van der Waals surface area contributed by atoms with Crippen LogP contribution < -0.4 is 4.90 Å². The molecule has 0 N–H and O–H groups in total. The van der Waals surface area contributed by atoms with Crippen LogP contribution in [-0.4, -0.2) is 0 Å². The van der Waals surface area contributed by atoms with Crippen LogP contribution in [0.15, 0.2) is 176 Å². The van der Waals surface area contributed by atoms with Gasteiger partial charge in [0.05, 0.1) is 0 Å². The van der Waals surface area contributed by atoms with Gasteiger partial charge in [0.15, 0.2) is 0 Å². The highest BCUT2D eigenvalue weighted by molar-refractivity contribution is 5.98. The molecule has 53 heavy (non-hydrogen) atoms. The Morgan fingerprint density at radius 1 is 0.340 bits per heavy atom. The van der Waals surface area contributed by atoms with Crippen LogP contribution in [0.2, 0.25) is 0 Å². The number of rotatable bonds is 5. The maximum absolute atomic E-state index is 2.48. The molecular weight excluding hydrogens is 639 g/mol. The first kappa shape index (κ1) is 31.5. The monoisotopic (exact) mass is 679 g/mol. The van der Waals surface area contributed by atoms with Gasteiger partial charge in [0.25, 0.3) is 0 Å². The third-order valence-corrected chi connectivity index (χ3v) is 12.0. The zero-order valence-corrected chi connectivity index (χ0v) is 30.7. The highest BCUT2D eigenvalue weighted by Gasteiger charge is 2.39. The second kappa shape index (κ2) is 11.7. The lowest BCUT2D eigenvalue weighted by Crippen LogP contribution is -2.18. The summed E-state index contributed by atoms with van der Waals surface area (Å²) in [5, 5.41) is 2.53. The van der Waals surface area contributed by atoms with Crippen molar-refractivity contribution in [3.8, 4) is 44.5 Å². The minimum Gasteiger partial charge on any atom is -0.310 e. The van der Waals surface area contributed by atoms with E-state index in [4.69, 9.17) is 0 Å². The first-order valence-electron chi connectivity index (χ1n) is 18.8. The number of nitrogens with zero attached hydrogens (tertiary/aromatic N) is 1. The summed E-state index contributed by atoms with van der Waals surface area (Å²) >= 11 is 0. The van der Waals surface area contributed by atoms with Gasteiger partial charge in [-0.25, -0.2) is 0 Å². The zero-order chi connectivity index (χ0) is 35.9. The summed E-state index contributed by atoms with van der Waals surface area (Å²) in [6, 6.07) is 65.3. The van der Waals surface area contributed by atoms with Crippen molar-refractivity contribution >= 4 is 27.8 Å². The Balaban J connectivity index is 1.21. The molecule has 8 aromatic carbocycles. The summed E-state index contributed by atoms with van der Waals surface area (Å²) in [5.41, 5.74) is 19.0. The average molecular weight is 680 g/mol. The first-order valence-corrected chi connectivity index (χ1v) is 18.8. The maximum atomic E-state index is 2.48. The summed E-state index contributed by atoms with van der Waals surface area (Å²) in [5.74, 6) is 0. The number of benzene rings is 8. The minimum absolute atomic E-state index is 0.109. The normalized spacial score (nSPS) is 14.3. The van der Waals surface area contributed by atoms with Gasteiger partial charge in [-0.15, -0.1) is 0 Å². The summed E-state index contributed by atoms with van der Waals surface area (Å²) in [6.45, 7) is 9.50. The second-order valence-corrected chi connectivity index (χ2v) is 15.8. The van der Waals surface area contributed by atoms with E-state index in [1.54, 1.807) is 0 Å². The van der Waals surface area contributed by atoms with Gasteiger partial charge >= 0.3 is 0 Å². The fraction of sp³-hybridized carbons (Fsp3) is 0.115. The van der Waals surface area contributed by atoms with Crippen molar-refractivity contribution in [3.05, 3.63) is 198 Å². The third kappa shape index (κ3) is 4.77. The van der Waals surface area contributed by atoms with Crippen LogP contribution in [0.3, 0.4) is 0 Å². The van der Waals surface area contributed by atoms with Gasteiger partial charge in [-0.1, -0.05) is 167 Å². The molecule has 10 rings (SSSR count). The summed E-state index contributed by atoms with van der Waals surface area (Å²) in [6.07, 6.45) is 0. The molecular formula is C52H41N. The van der Waals surface area contributed by atoms with Gasteiger partial charge in [0.2, 0.25) is 0 Å². The van der Waals surface area contributed by atoms with Crippen molar-refractivity contribution in [2.75, 3.05) is 4.90 Å². The predicted molar refractivity (Wildman–Crippen MR) is 225 cm³/mol. The van der Waals surface area contributed by atoms with Crippen molar-refractivity contribution in [2.24, 2.45) is 0 Å². The van der Waals surface area contributed by atoms with E-state index in [0.717, 1.165) is 17.1 Å². The molecule has 2 aliphatic rings. The maximum Gasteiger partial charge on any atom is 0.0474 e. The average Bonchev–Trinajstić information content (AvgIpc) is 3.57. The van der Waals surface area contributed by atoms with Gasteiger partial charge in [-0.05, 0) is 114 Å². The number of hydrogen-bond acceptors (Lipinski definition) is 1. The summed E-state index contributed by atoms with van der Waals surface area (Å²) in [7, 11) is 0. The molecule has 0 aliphatic heterocycles. The van der Waals surface area contributed by atoms with E-state index >= 15 is 0 Å². The molecule has 1 heteroatoms. The lowest BCUT2D eigenvalue weighted by Gasteiger charge is -2.30. The fourth-order valence-electron chi connectivity index (χ4n) is 9.43. The van der Waals surface area contributed by atoms with Gasteiger partial charge in [-0.2, -0.15) is 0 Å². The Kier molecular flexibility index (Phi) is 6.94. The Bertz CT molecular complexity index is 2710. The highest BCUT2D eigenvalue weighted by Crippen LogP contribution is 2.55. The largest absolute Gasteiger partial charge is 0.310 e. The van der Waals surface area contributed by atoms with Crippen LogP contribution in [0.5, 0.6) is 0 Å². The van der Waals surface area contributed by atoms with E-state index in [1.165, 1.54) is 77.5 Å². The van der Waals surface area contributed by atoms with E-state index in [2.05, 4.69) is 209 Å². The molecule has 0 unspecified atom stereocenters. The molecule has 0 radical (unpaired) electrons. The van der Waals surface area contributed by atoms with E-state index in [0.29, 0.717) is 0 Å². The zero-order valence-electron chi connectivity index (χ0n) is 30.7. The highest BCUT2D eigenvalue weighted by atomic mass is 15.1. The van der Waals surface area contributed by atoms with Crippen molar-refractivity contribution in [1.82, 2.24) is 0 Å². The molecule has 0 amide bonds. The lowest BCUT2D eigenvalue weighted by molar-refractivity contribution is 0.660. The van der Waals surface area contributed by atoms with E-state index in [9.17, 15) is 0 Å². The molecule has 8 aromatic rings. The standard InChI is InChI=1S/C52H41N/c1-51(2)47-23-12-10-20-42(47)44-30-29-38(33-49(44)51)53(37-27-25-36(26-28-37)41-22-14-18-34-17-8-9-19-40(34)41)39-31-45(35-15-6-5-7-16-35)50-46(32-39)43-21-11-13-24-48(43)52(50,3)4/h5-33H,1-4H3. The molecule has 0 fully saturated rings. The quantitative estimate of drug-likeness (QED) is 0.175. The van der Waals surface area contributed by atoms with Gasteiger partial charge < -0.3 is 4.90 Å². The SMILES string of the molecule is CC1(C)c2ccccc2-c2ccc(N(c3ccc(-c4cccc5ccccc45)cc3)c3cc(-c4ccccc4)c4c(c3)-c3ccccc3C4(C)C)cc21. The number of fused-ring (bicyclic) bond motifs is 7. The van der Waals surface area contributed by atoms with E-state index < -0.39 is 0 Å². The molecule has 0 atom stereocenters. The Labute approximate surface area is 312 Å². The number of hydrogen-bond donors (Lipinski definition) is 0. The van der Waals surface area contributed by atoms with E-state index in [-0.39, 0.29) is 10.8 Å². The smallest absolute Gasteiger partial charge is 0.0474 e. The summed E-state index contributed by atoms with van der Waals surface area (Å²) in [4.78, 5) is 2.48.